The van der Waals surface area contributed by atoms with Crippen LogP contribution in [-0.2, 0) is 4.79 Å². The first-order chi connectivity index (χ1) is 11.0. The molecular formula is C16H19N3O2S2. The van der Waals surface area contributed by atoms with Crippen molar-refractivity contribution in [3.8, 4) is 0 Å². The van der Waals surface area contributed by atoms with E-state index < -0.39 is 6.04 Å². The van der Waals surface area contributed by atoms with Crippen molar-refractivity contribution in [3.05, 3.63) is 38.5 Å². The average Bonchev–Trinajstić information content (AvgIpc) is 3.03. The van der Waals surface area contributed by atoms with Crippen LogP contribution < -0.4 is 10.6 Å². The molecule has 0 spiro atoms. The van der Waals surface area contributed by atoms with E-state index in [-0.39, 0.29) is 17.9 Å². The second-order valence-corrected chi connectivity index (χ2v) is 7.66. The predicted molar refractivity (Wildman–Crippen MR) is 91.7 cm³/mol. The highest BCUT2D eigenvalue weighted by Gasteiger charge is 2.36. The molecule has 2 aromatic rings. The van der Waals surface area contributed by atoms with E-state index in [0.29, 0.717) is 10.8 Å². The molecule has 0 aromatic carbocycles. The van der Waals surface area contributed by atoms with Crippen LogP contribution >= 0.6 is 22.7 Å². The van der Waals surface area contributed by atoms with Crippen LogP contribution in [-0.4, -0.2) is 22.8 Å². The average molecular weight is 349 g/mol. The second-order valence-electron chi connectivity index (χ2n) is 5.82. The number of amides is 2. The number of nitrogens with one attached hydrogen (secondary N) is 2. The maximum Gasteiger partial charge on any atom is 0.261 e. The van der Waals surface area contributed by atoms with Crippen molar-refractivity contribution < 1.29 is 9.59 Å². The molecule has 5 nitrogen and oxygen atoms in total. The van der Waals surface area contributed by atoms with E-state index in [9.17, 15) is 9.59 Å². The Morgan fingerprint density at radius 2 is 2.09 bits per heavy atom. The first-order valence-corrected chi connectivity index (χ1v) is 9.37. The zero-order valence-electron chi connectivity index (χ0n) is 13.0. The van der Waals surface area contributed by atoms with Gasteiger partial charge in [-0.05, 0) is 44.1 Å². The summed E-state index contributed by atoms with van der Waals surface area (Å²) < 4.78 is 0. The fourth-order valence-corrected chi connectivity index (χ4v) is 3.91. The molecule has 1 fully saturated rings. The van der Waals surface area contributed by atoms with Gasteiger partial charge in [0.05, 0.1) is 10.9 Å². The number of thiazole rings is 1. The number of thiophene rings is 1. The molecule has 1 aliphatic carbocycles. The molecule has 2 atom stereocenters. The topological polar surface area (TPSA) is 71.1 Å². The van der Waals surface area contributed by atoms with Crippen LogP contribution in [0.5, 0.6) is 0 Å². The quantitative estimate of drug-likeness (QED) is 0.842. The van der Waals surface area contributed by atoms with Gasteiger partial charge in [-0.25, -0.2) is 4.98 Å². The van der Waals surface area contributed by atoms with Crippen LogP contribution in [0.15, 0.2) is 22.9 Å². The Balaban J connectivity index is 1.61. The number of aryl methyl sites for hydroxylation is 1. The van der Waals surface area contributed by atoms with E-state index in [1.807, 2.05) is 23.8 Å². The summed E-state index contributed by atoms with van der Waals surface area (Å²) in [5.74, 6) is 0.0834. The lowest BCUT2D eigenvalue weighted by Crippen LogP contribution is -2.46. The van der Waals surface area contributed by atoms with Crippen molar-refractivity contribution >= 4 is 34.5 Å². The van der Waals surface area contributed by atoms with Gasteiger partial charge in [0.1, 0.15) is 11.0 Å². The van der Waals surface area contributed by atoms with Gasteiger partial charge in [-0.2, -0.15) is 0 Å². The van der Waals surface area contributed by atoms with Gasteiger partial charge in [0, 0.05) is 11.1 Å². The van der Waals surface area contributed by atoms with Gasteiger partial charge >= 0.3 is 0 Å². The molecule has 7 heteroatoms. The monoisotopic (exact) mass is 349 g/mol. The van der Waals surface area contributed by atoms with Crippen LogP contribution in [0.2, 0.25) is 0 Å². The normalized spacial score (nSPS) is 16.6. The van der Waals surface area contributed by atoms with Crippen molar-refractivity contribution in [2.75, 3.05) is 0 Å². The van der Waals surface area contributed by atoms with Crippen molar-refractivity contribution in [2.45, 2.75) is 38.8 Å². The number of rotatable bonds is 6. The van der Waals surface area contributed by atoms with Crippen LogP contribution in [0.4, 0.5) is 0 Å². The minimum atomic E-state index is -0.577. The Morgan fingerprint density at radius 1 is 1.30 bits per heavy atom. The van der Waals surface area contributed by atoms with E-state index >= 15 is 0 Å². The van der Waals surface area contributed by atoms with Crippen LogP contribution in [0, 0.1) is 12.8 Å². The molecule has 0 aliphatic heterocycles. The van der Waals surface area contributed by atoms with Crippen LogP contribution in [0.3, 0.4) is 0 Å². The highest BCUT2D eigenvalue weighted by molar-refractivity contribution is 7.12. The summed E-state index contributed by atoms with van der Waals surface area (Å²) in [4.78, 5) is 29.6. The first kappa shape index (κ1) is 16.1. The van der Waals surface area contributed by atoms with Gasteiger partial charge in [0.25, 0.3) is 5.91 Å². The summed E-state index contributed by atoms with van der Waals surface area (Å²) in [5.41, 5.74) is 0.976. The highest BCUT2D eigenvalue weighted by atomic mass is 32.1. The Labute approximate surface area is 143 Å². The van der Waals surface area contributed by atoms with Gasteiger partial charge in [0.2, 0.25) is 5.91 Å². The number of carbonyl (C=O) groups is 2. The molecular weight excluding hydrogens is 330 g/mol. The SMILES string of the molecule is Cc1csc([C@@H](NC(=O)[C@H](C)NC(=O)c2cccs2)C2CC2)n1. The minimum absolute atomic E-state index is 0.0395. The van der Waals surface area contributed by atoms with Gasteiger partial charge in [-0.1, -0.05) is 6.07 Å². The summed E-state index contributed by atoms with van der Waals surface area (Å²) in [5, 5.41) is 10.6. The first-order valence-electron chi connectivity index (χ1n) is 7.61. The van der Waals surface area contributed by atoms with Gasteiger partial charge in [-0.3, -0.25) is 9.59 Å². The van der Waals surface area contributed by atoms with Gasteiger partial charge < -0.3 is 10.6 Å². The number of carbonyl (C=O) groups excluding carboxylic acids is 2. The number of hydrogen-bond donors (Lipinski definition) is 2. The molecule has 2 N–H and O–H groups in total. The fraction of sp³-hybridized carbons (Fsp3) is 0.438. The molecule has 1 saturated carbocycles. The molecule has 23 heavy (non-hydrogen) atoms. The lowest BCUT2D eigenvalue weighted by atomic mass is 10.1. The molecule has 0 bridgehead atoms. The number of nitrogens with zero attached hydrogens (tertiary/aromatic N) is 1. The fourth-order valence-electron chi connectivity index (χ4n) is 2.35. The molecule has 2 amide bonds. The van der Waals surface area contributed by atoms with Crippen LogP contribution in [0.1, 0.15) is 46.2 Å². The third-order valence-electron chi connectivity index (χ3n) is 3.78. The molecule has 0 saturated heterocycles. The van der Waals surface area contributed by atoms with Gasteiger partial charge in [-0.15, -0.1) is 22.7 Å². The number of hydrogen-bond acceptors (Lipinski definition) is 5. The summed E-state index contributed by atoms with van der Waals surface area (Å²) in [6, 6.07) is 2.95. The Morgan fingerprint density at radius 3 is 2.65 bits per heavy atom. The van der Waals surface area contributed by atoms with E-state index in [4.69, 9.17) is 0 Å². The molecule has 2 heterocycles. The van der Waals surface area contributed by atoms with Crippen LogP contribution in [0.25, 0.3) is 0 Å². The lowest BCUT2D eigenvalue weighted by Gasteiger charge is -2.19. The van der Waals surface area contributed by atoms with Crippen molar-refractivity contribution in [3.63, 3.8) is 0 Å². The third-order valence-corrected chi connectivity index (χ3v) is 5.69. The lowest BCUT2D eigenvalue weighted by molar-refractivity contribution is -0.123. The molecule has 3 rings (SSSR count). The predicted octanol–water partition coefficient (Wildman–Crippen LogP) is 2.90. The zero-order valence-corrected chi connectivity index (χ0v) is 14.7. The smallest absolute Gasteiger partial charge is 0.261 e. The Hall–Kier alpha value is -1.73. The summed E-state index contributed by atoms with van der Waals surface area (Å²) in [6.07, 6.45) is 2.22. The summed E-state index contributed by atoms with van der Waals surface area (Å²) in [6.45, 7) is 3.66. The summed E-state index contributed by atoms with van der Waals surface area (Å²) in [7, 11) is 0. The Bertz CT molecular complexity index is 692. The Kier molecular flexibility index (Phi) is 4.77. The standard InChI is InChI=1S/C16H19N3O2S2/c1-9-8-23-16(17-9)13(11-5-6-11)19-14(20)10(2)18-15(21)12-4-3-7-22-12/h3-4,7-8,10-11,13H,5-6H2,1-2H3,(H,18,21)(H,19,20)/t10-,13-/m0/s1. The zero-order chi connectivity index (χ0) is 16.4. The molecule has 0 unspecified atom stereocenters. The van der Waals surface area contributed by atoms with Crippen molar-refractivity contribution in [1.29, 1.82) is 0 Å². The van der Waals surface area contributed by atoms with E-state index in [1.54, 1.807) is 24.3 Å². The largest absolute Gasteiger partial charge is 0.345 e. The minimum Gasteiger partial charge on any atom is -0.345 e. The molecule has 122 valence electrons. The van der Waals surface area contributed by atoms with E-state index in [1.165, 1.54) is 11.3 Å². The van der Waals surface area contributed by atoms with E-state index in [2.05, 4.69) is 15.6 Å². The van der Waals surface area contributed by atoms with Gasteiger partial charge in [0.15, 0.2) is 0 Å². The maximum atomic E-state index is 12.4. The van der Waals surface area contributed by atoms with E-state index in [0.717, 1.165) is 23.5 Å². The second kappa shape index (κ2) is 6.80. The molecule has 0 radical (unpaired) electrons. The summed E-state index contributed by atoms with van der Waals surface area (Å²) >= 11 is 2.94. The molecule has 1 aliphatic rings. The van der Waals surface area contributed by atoms with Crippen molar-refractivity contribution in [2.24, 2.45) is 5.92 Å². The molecule has 2 aromatic heterocycles. The maximum absolute atomic E-state index is 12.4. The van der Waals surface area contributed by atoms with Crippen molar-refractivity contribution in [1.82, 2.24) is 15.6 Å². The highest BCUT2D eigenvalue weighted by Crippen LogP contribution is 2.41. The third kappa shape index (κ3) is 3.97. The number of aromatic nitrogens is 1.